The van der Waals surface area contributed by atoms with E-state index in [0.717, 1.165) is 27.1 Å². The summed E-state index contributed by atoms with van der Waals surface area (Å²) in [5.74, 6) is -2.37. The maximum Gasteiger partial charge on any atom is 0.416 e. The van der Waals surface area contributed by atoms with Crippen molar-refractivity contribution in [1.29, 1.82) is 0 Å². The number of aryl methyl sites for hydroxylation is 2. The molecule has 174 valence electrons. The number of benzene rings is 3. The Hall–Kier alpha value is -3.39. The molecular formula is C26H19BrF3NO3. The van der Waals surface area contributed by atoms with E-state index in [2.05, 4.69) is 15.9 Å². The molecule has 0 aliphatic carbocycles. The molecule has 1 fully saturated rings. The Morgan fingerprint density at radius 3 is 2.29 bits per heavy atom. The van der Waals surface area contributed by atoms with Gasteiger partial charge in [0.25, 0.3) is 11.7 Å². The summed E-state index contributed by atoms with van der Waals surface area (Å²) >= 11 is 3.39. The van der Waals surface area contributed by atoms with Gasteiger partial charge >= 0.3 is 6.18 Å². The molecule has 1 heterocycles. The molecule has 0 saturated carbocycles. The summed E-state index contributed by atoms with van der Waals surface area (Å²) in [7, 11) is 0. The maximum absolute atomic E-state index is 13.4. The van der Waals surface area contributed by atoms with Crippen LogP contribution in [0.1, 0.15) is 33.9 Å². The molecule has 0 spiro atoms. The van der Waals surface area contributed by atoms with Gasteiger partial charge in [0.2, 0.25) is 0 Å². The van der Waals surface area contributed by atoms with Gasteiger partial charge in [-0.15, -0.1) is 0 Å². The fourth-order valence-electron chi connectivity index (χ4n) is 4.07. The van der Waals surface area contributed by atoms with E-state index in [0.29, 0.717) is 16.7 Å². The highest BCUT2D eigenvalue weighted by Gasteiger charge is 2.47. The number of aliphatic hydroxyl groups excluding tert-OH is 1. The predicted molar refractivity (Wildman–Crippen MR) is 126 cm³/mol. The van der Waals surface area contributed by atoms with Crippen molar-refractivity contribution in [3.8, 4) is 0 Å². The highest BCUT2D eigenvalue weighted by molar-refractivity contribution is 9.10. The number of aliphatic hydroxyl groups is 1. The van der Waals surface area contributed by atoms with Gasteiger partial charge in [0.15, 0.2) is 0 Å². The van der Waals surface area contributed by atoms with Crippen LogP contribution in [0.2, 0.25) is 0 Å². The van der Waals surface area contributed by atoms with Crippen LogP contribution in [0.4, 0.5) is 18.9 Å². The number of carbonyl (C=O) groups is 2. The maximum atomic E-state index is 13.4. The van der Waals surface area contributed by atoms with Crippen molar-refractivity contribution in [2.75, 3.05) is 4.90 Å². The number of amides is 1. The van der Waals surface area contributed by atoms with Crippen LogP contribution in [0, 0.1) is 13.8 Å². The molecule has 0 radical (unpaired) electrons. The topological polar surface area (TPSA) is 57.6 Å². The molecule has 0 aromatic heterocycles. The number of rotatable bonds is 3. The molecule has 34 heavy (non-hydrogen) atoms. The monoisotopic (exact) mass is 529 g/mol. The molecule has 1 amide bonds. The van der Waals surface area contributed by atoms with E-state index in [1.165, 1.54) is 12.1 Å². The van der Waals surface area contributed by atoms with Crippen molar-refractivity contribution in [1.82, 2.24) is 0 Å². The van der Waals surface area contributed by atoms with Crippen LogP contribution in [0.3, 0.4) is 0 Å². The third-order valence-electron chi connectivity index (χ3n) is 5.81. The Labute approximate surface area is 202 Å². The quantitative estimate of drug-likeness (QED) is 0.233. The van der Waals surface area contributed by atoms with Crippen LogP contribution in [-0.4, -0.2) is 16.8 Å². The Bertz CT molecular complexity index is 1350. The average molecular weight is 530 g/mol. The zero-order valence-electron chi connectivity index (χ0n) is 18.2. The summed E-state index contributed by atoms with van der Waals surface area (Å²) in [4.78, 5) is 27.4. The Balaban J connectivity index is 1.98. The molecule has 1 unspecified atom stereocenters. The second-order valence-electron chi connectivity index (χ2n) is 8.04. The number of Topliss-reactive ketones (excluding diaryl/α,β-unsaturated/α-hetero) is 1. The molecule has 1 aliphatic rings. The van der Waals surface area contributed by atoms with Crippen molar-refractivity contribution in [3.63, 3.8) is 0 Å². The van der Waals surface area contributed by atoms with E-state index < -0.39 is 35.2 Å². The van der Waals surface area contributed by atoms with Crippen molar-refractivity contribution >= 4 is 39.1 Å². The van der Waals surface area contributed by atoms with Crippen molar-refractivity contribution in [3.05, 3.63) is 105 Å². The van der Waals surface area contributed by atoms with E-state index in [4.69, 9.17) is 0 Å². The van der Waals surface area contributed by atoms with Gasteiger partial charge in [-0.05, 0) is 60.9 Å². The van der Waals surface area contributed by atoms with Gasteiger partial charge < -0.3 is 5.11 Å². The van der Waals surface area contributed by atoms with Gasteiger partial charge in [-0.25, -0.2) is 0 Å². The van der Waals surface area contributed by atoms with Crippen molar-refractivity contribution in [2.45, 2.75) is 26.1 Å². The van der Waals surface area contributed by atoms with Crippen LogP contribution < -0.4 is 4.90 Å². The summed E-state index contributed by atoms with van der Waals surface area (Å²) in [5.41, 5.74) is 1.14. The normalized spacial score (nSPS) is 17.9. The second-order valence-corrected chi connectivity index (χ2v) is 8.89. The molecule has 3 aromatic carbocycles. The molecule has 1 aliphatic heterocycles. The number of halogens is 4. The number of nitrogens with zero attached hydrogens (tertiary/aromatic N) is 1. The zero-order chi connectivity index (χ0) is 24.8. The van der Waals surface area contributed by atoms with E-state index in [1.54, 1.807) is 56.3 Å². The number of hydrogen-bond donors (Lipinski definition) is 1. The molecule has 8 heteroatoms. The third kappa shape index (κ3) is 4.14. The number of carbonyl (C=O) groups excluding carboxylic acids is 2. The lowest BCUT2D eigenvalue weighted by molar-refractivity contribution is -0.137. The lowest BCUT2D eigenvalue weighted by Gasteiger charge is -2.27. The first-order valence-corrected chi connectivity index (χ1v) is 11.1. The summed E-state index contributed by atoms with van der Waals surface area (Å²) in [5, 5.41) is 11.2. The average Bonchev–Trinajstić information content (AvgIpc) is 3.05. The SMILES string of the molecule is Cc1cc(/C(O)=C2\C(=O)C(=O)N(c3cccc(C(F)(F)F)c3)C2c2ccccc2C)ccc1Br. The van der Waals surface area contributed by atoms with Gasteiger partial charge in [0.05, 0.1) is 17.2 Å². The minimum Gasteiger partial charge on any atom is -0.507 e. The van der Waals surface area contributed by atoms with Gasteiger partial charge in [-0.1, -0.05) is 52.3 Å². The van der Waals surface area contributed by atoms with E-state index >= 15 is 0 Å². The van der Waals surface area contributed by atoms with Crippen molar-refractivity contribution in [2.24, 2.45) is 0 Å². The first kappa shape index (κ1) is 23.8. The molecule has 4 rings (SSSR count). The van der Waals surface area contributed by atoms with Gasteiger partial charge in [0.1, 0.15) is 5.76 Å². The first-order chi connectivity index (χ1) is 16.0. The highest BCUT2D eigenvalue weighted by Crippen LogP contribution is 2.44. The van der Waals surface area contributed by atoms with E-state index in [1.807, 2.05) is 0 Å². The molecule has 1 atom stereocenters. The summed E-state index contributed by atoms with van der Waals surface area (Å²) in [6.07, 6.45) is -4.63. The molecule has 1 saturated heterocycles. The number of alkyl halides is 3. The molecule has 0 bridgehead atoms. The number of ketones is 1. The lowest BCUT2D eigenvalue weighted by Crippen LogP contribution is -2.30. The fourth-order valence-corrected chi connectivity index (χ4v) is 4.31. The smallest absolute Gasteiger partial charge is 0.416 e. The van der Waals surface area contributed by atoms with Crippen LogP contribution in [0.5, 0.6) is 0 Å². The highest BCUT2D eigenvalue weighted by atomic mass is 79.9. The predicted octanol–water partition coefficient (Wildman–Crippen LogP) is 6.71. The fraction of sp³-hybridized carbons (Fsp3) is 0.154. The van der Waals surface area contributed by atoms with Gasteiger partial charge in [-0.3, -0.25) is 14.5 Å². The molecule has 1 N–H and O–H groups in total. The zero-order valence-corrected chi connectivity index (χ0v) is 19.7. The summed E-state index contributed by atoms with van der Waals surface area (Å²) in [6.45, 7) is 3.58. The number of hydrogen-bond acceptors (Lipinski definition) is 3. The lowest BCUT2D eigenvalue weighted by atomic mass is 9.92. The van der Waals surface area contributed by atoms with E-state index in [9.17, 15) is 27.9 Å². The second kappa shape index (κ2) is 8.76. The standard InChI is InChI=1S/C26H19BrF3NO3/c1-14-6-3-4-9-19(14)22-21(23(32)16-10-11-20(27)15(2)12-16)24(33)25(34)31(22)18-8-5-7-17(13-18)26(28,29)30/h3-13,22,32H,1-2H3/b23-21+. The van der Waals surface area contributed by atoms with E-state index in [-0.39, 0.29) is 11.3 Å². The Kier molecular flexibility index (Phi) is 6.12. The van der Waals surface area contributed by atoms with Crippen LogP contribution in [-0.2, 0) is 15.8 Å². The Morgan fingerprint density at radius 2 is 1.65 bits per heavy atom. The molecule has 4 nitrogen and oxygen atoms in total. The Morgan fingerprint density at radius 1 is 0.941 bits per heavy atom. The van der Waals surface area contributed by atoms with Crippen LogP contribution in [0.15, 0.2) is 76.8 Å². The van der Waals surface area contributed by atoms with Gasteiger partial charge in [-0.2, -0.15) is 13.2 Å². The minimum absolute atomic E-state index is 0.0868. The summed E-state index contributed by atoms with van der Waals surface area (Å²) in [6, 6.07) is 15.0. The molecule has 3 aromatic rings. The van der Waals surface area contributed by atoms with Crippen LogP contribution in [0.25, 0.3) is 5.76 Å². The van der Waals surface area contributed by atoms with Crippen molar-refractivity contribution < 1.29 is 27.9 Å². The number of anilines is 1. The summed E-state index contributed by atoms with van der Waals surface area (Å²) < 4.78 is 41.0. The van der Waals surface area contributed by atoms with Crippen LogP contribution >= 0.6 is 15.9 Å². The largest absolute Gasteiger partial charge is 0.507 e. The van der Waals surface area contributed by atoms with Gasteiger partial charge in [0, 0.05) is 15.7 Å². The minimum atomic E-state index is -4.63. The molecular weight excluding hydrogens is 511 g/mol. The third-order valence-corrected chi connectivity index (χ3v) is 6.70. The first-order valence-electron chi connectivity index (χ1n) is 10.3.